The standard InChI is InChI=1S/C9H10F3N3OS/c10-9(11,12)7(16)14-4-1-2-5-6(3-4)17-8(13)15-5/h4H,1-3H2,(H2,13,15)(H,14,16)/t4-/m0/s1. The summed E-state index contributed by atoms with van der Waals surface area (Å²) in [6, 6.07) is -0.489. The van der Waals surface area contributed by atoms with E-state index in [1.165, 1.54) is 11.3 Å². The summed E-state index contributed by atoms with van der Waals surface area (Å²) >= 11 is 1.26. The van der Waals surface area contributed by atoms with Crippen LogP contribution in [0.2, 0.25) is 0 Å². The summed E-state index contributed by atoms with van der Waals surface area (Å²) in [7, 11) is 0. The van der Waals surface area contributed by atoms with Gasteiger partial charge in [-0.25, -0.2) is 4.98 Å². The number of halogens is 3. The molecule has 0 aliphatic heterocycles. The Morgan fingerprint density at radius 2 is 2.24 bits per heavy atom. The number of thiazole rings is 1. The zero-order valence-electron chi connectivity index (χ0n) is 8.67. The van der Waals surface area contributed by atoms with Crippen molar-refractivity contribution in [3.8, 4) is 0 Å². The summed E-state index contributed by atoms with van der Waals surface area (Å²) in [5, 5.41) is 2.40. The third-order valence-corrected chi connectivity index (χ3v) is 3.50. The summed E-state index contributed by atoms with van der Waals surface area (Å²) in [6.45, 7) is 0. The molecule has 0 unspecified atom stereocenters. The van der Waals surface area contributed by atoms with Crippen molar-refractivity contribution in [2.75, 3.05) is 5.73 Å². The van der Waals surface area contributed by atoms with Gasteiger partial charge in [-0.1, -0.05) is 0 Å². The Kier molecular flexibility index (Phi) is 2.98. The Balaban J connectivity index is 2.01. The van der Waals surface area contributed by atoms with Gasteiger partial charge in [-0.05, 0) is 12.8 Å². The van der Waals surface area contributed by atoms with Crippen LogP contribution in [0.4, 0.5) is 18.3 Å². The lowest BCUT2D eigenvalue weighted by atomic mass is 9.98. The topological polar surface area (TPSA) is 68.0 Å². The molecule has 1 amide bonds. The van der Waals surface area contributed by atoms with Crippen molar-refractivity contribution in [1.29, 1.82) is 0 Å². The molecular weight excluding hydrogens is 255 g/mol. The first kappa shape index (κ1) is 12.2. The number of carbonyl (C=O) groups excluding carboxylic acids is 1. The molecule has 0 fully saturated rings. The molecule has 0 saturated carbocycles. The first-order valence-corrected chi connectivity index (χ1v) is 5.79. The third-order valence-electron chi connectivity index (χ3n) is 2.55. The maximum Gasteiger partial charge on any atom is 0.471 e. The number of amides is 1. The monoisotopic (exact) mass is 265 g/mol. The van der Waals surface area contributed by atoms with E-state index in [0.717, 1.165) is 10.6 Å². The molecule has 3 N–H and O–H groups in total. The zero-order valence-corrected chi connectivity index (χ0v) is 9.49. The van der Waals surface area contributed by atoms with Gasteiger partial charge in [0.1, 0.15) is 0 Å². The van der Waals surface area contributed by atoms with Gasteiger partial charge in [0.05, 0.1) is 5.69 Å². The van der Waals surface area contributed by atoms with E-state index in [0.29, 0.717) is 24.4 Å². The van der Waals surface area contributed by atoms with Crippen LogP contribution in [0.25, 0.3) is 0 Å². The van der Waals surface area contributed by atoms with Gasteiger partial charge in [-0.3, -0.25) is 4.79 Å². The van der Waals surface area contributed by atoms with Gasteiger partial charge in [0.2, 0.25) is 0 Å². The van der Waals surface area contributed by atoms with Crippen molar-refractivity contribution in [2.45, 2.75) is 31.5 Å². The number of aryl methyl sites for hydroxylation is 1. The molecule has 1 atom stereocenters. The van der Waals surface area contributed by atoms with Gasteiger partial charge >= 0.3 is 12.1 Å². The predicted molar refractivity (Wildman–Crippen MR) is 56.5 cm³/mol. The van der Waals surface area contributed by atoms with Gasteiger partial charge in [0.25, 0.3) is 0 Å². The second-order valence-corrected chi connectivity index (χ2v) is 4.95. The van der Waals surface area contributed by atoms with Crippen molar-refractivity contribution in [2.24, 2.45) is 0 Å². The number of fused-ring (bicyclic) bond motifs is 1. The first-order valence-electron chi connectivity index (χ1n) is 4.98. The molecule has 0 spiro atoms. The van der Waals surface area contributed by atoms with E-state index < -0.39 is 18.1 Å². The summed E-state index contributed by atoms with van der Waals surface area (Å²) in [5.74, 6) is -1.89. The second kappa shape index (κ2) is 4.17. The molecule has 0 saturated heterocycles. The molecule has 0 aromatic carbocycles. The van der Waals surface area contributed by atoms with Crippen LogP contribution >= 0.6 is 11.3 Å². The number of nitrogen functional groups attached to an aromatic ring is 1. The van der Waals surface area contributed by atoms with Crippen molar-refractivity contribution < 1.29 is 18.0 Å². The van der Waals surface area contributed by atoms with Crippen LogP contribution in [-0.4, -0.2) is 23.1 Å². The summed E-state index contributed by atoms with van der Waals surface area (Å²) in [5.41, 5.74) is 6.35. The molecule has 1 aromatic rings. The lowest BCUT2D eigenvalue weighted by molar-refractivity contribution is -0.174. The second-order valence-electron chi connectivity index (χ2n) is 3.83. The maximum atomic E-state index is 12.1. The minimum Gasteiger partial charge on any atom is -0.375 e. The predicted octanol–water partition coefficient (Wildman–Crippen LogP) is 1.26. The summed E-state index contributed by atoms with van der Waals surface area (Å²) in [4.78, 5) is 15.7. The molecule has 2 rings (SSSR count). The normalized spacial score (nSPS) is 19.8. The van der Waals surface area contributed by atoms with E-state index in [1.807, 2.05) is 5.32 Å². The number of hydrogen-bond acceptors (Lipinski definition) is 4. The van der Waals surface area contributed by atoms with Gasteiger partial charge in [-0.2, -0.15) is 13.2 Å². The van der Waals surface area contributed by atoms with E-state index in [9.17, 15) is 18.0 Å². The van der Waals surface area contributed by atoms with E-state index >= 15 is 0 Å². The average Bonchev–Trinajstić information content (AvgIpc) is 2.55. The Bertz CT molecular complexity index is 443. The van der Waals surface area contributed by atoms with Crippen LogP contribution in [0, 0.1) is 0 Å². The third kappa shape index (κ3) is 2.68. The van der Waals surface area contributed by atoms with Crippen LogP contribution in [-0.2, 0) is 17.6 Å². The molecular formula is C9H10F3N3OS. The lowest BCUT2D eigenvalue weighted by Crippen LogP contribution is -2.45. The maximum absolute atomic E-state index is 12.1. The Labute approximate surface area is 99.0 Å². The van der Waals surface area contributed by atoms with Crippen LogP contribution in [0.1, 0.15) is 17.0 Å². The zero-order chi connectivity index (χ0) is 12.6. The molecule has 94 valence electrons. The molecule has 4 nitrogen and oxygen atoms in total. The quantitative estimate of drug-likeness (QED) is 0.803. The van der Waals surface area contributed by atoms with Gasteiger partial charge in [0, 0.05) is 17.3 Å². The van der Waals surface area contributed by atoms with Gasteiger partial charge in [-0.15, -0.1) is 11.3 Å². The van der Waals surface area contributed by atoms with Crippen molar-refractivity contribution in [3.63, 3.8) is 0 Å². The fourth-order valence-corrected chi connectivity index (χ4v) is 2.74. The molecule has 0 bridgehead atoms. The molecule has 0 radical (unpaired) electrons. The molecule has 1 aromatic heterocycles. The molecule has 1 aliphatic carbocycles. The fraction of sp³-hybridized carbons (Fsp3) is 0.556. The van der Waals surface area contributed by atoms with E-state index in [1.54, 1.807) is 0 Å². The van der Waals surface area contributed by atoms with Crippen molar-refractivity contribution in [1.82, 2.24) is 10.3 Å². The average molecular weight is 265 g/mol. The highest BCUT2D eigenvalue weighted by Crippen LogP contribution is 2.28. The molecule has 17 heavy (non-hydrogen) atoms. The van der Waals surface area contributed by atoms with Crippen LogP contribution in [0.5, 0.6) is 0 Å². The SMILES string of the molecule is Nc1nc2c(s1)C[C@@H](NC(=O)C(F)(F)F)CC2. The lowest BCUT2D eigenvalue weighted by Gasteiger charge is -2.22. The summed E-state index contributed by atoms with van der Waals surface area (Å²) < 4.78 is 36.2. The minimum absolute atomic E-state index is 0.367. The number of nitrogens with two attached hydrogens (primary N) is 1. The van der Waals surface area contributed by atoms with Crippen LogP contribution < -0.4 is 11.1 Å². The fourth-order valence-electron chi connectivity index (χ4n) is 1.79. The highest BCUT2D eigenvalue weighted by atomic mass is 32.1. The molecule has 1 aliphatic rings. The number of nitrogens with zero attached hydrogens (tertiary/aromatic N) is 1. The largest absolute Gasteiger partial charge is 0.471 e. The number of anilines is 1. The van der Waals surface area contributed by atoms with Crippen LogP contribution in [0.3, 0.4) is 0 Å². The Morgan fingerprint density at radius 3 is 2.88 bits per heavy atom. The number of hydrogen-bond donors (Lipinski definition) is 2. The molecule has 1 heterocycles. The number of rotatable bonds is 1. The number of nitrogens with one attached hydrogen (secondary N) is 1. The number of aromatic nitrogens is 1. The van der Waals surface area contributed by atoms with E-state index in [2.05, 4.69) is 4.98 Å². The van der Waals surface area contributed by atoms with Gasteiger partial charge in [0.15, 0.2) is 5.13 Å². The number of alkyl halides is 3. The summed E-state index contributed by atoms with van der Waals surface area (Å²) in [6.07, 6.45) is -3.46. The van der Waals surface area contributed by atoms with Crippen LogP contribution in [0.15, 0.2) is 0 Å². The first-order chi connectivity index (χ1) is 7.86. The Hall–Kier alpha value is -1.31. The minimum atomic E-state index is -4.83. The van der Waals surface area contributed by atoms with E-state index in [4.69, 9.17) is 5.73 Å². The highest BCUT2D eigenvalue weighted by Gasteiger charge is 2.40. The Morgan fingerprint density at radius 1 is 1.53 bits per heavy atom. The van der Waals surface area contributed by atoms with Gasteiger partial charge < -0.3 is 11.1 Å². The highest BCUT2D eigenvalue weighted by molar-refractivity contribution is 7.15. The van der Waals surface area contributed by atoms with Crippen molar-refractivity contribution in [3.05, 3.63) is 10.6 Å². The number of carbonyl (C=O) groups is 1. The molecule has 8 heteroatoms. The van der Waals surface area contributed by atoms with E-state index in [-0.39, 0.29) is 0 Å². The van der Waals surface area contributed by atoms with Crippen molar-refractivity contribution >= 4 is 22.4 Å². The smallest absolute Gasteiger partial charge is 0.375 e.